The Labute approximate surface area is 114 Å². The first-order valence-electron chi connectivity index (χ1n) is 5.75. The fourth-order valence-electron chi connectivity index (χ4n) is 1.72. The number of aromatic nitrogens is 1. The van der Waals surface area contributed by atoms with Gasteiger partial charge in [0.15, 0.2) is 0 Å². The van der Waals surface area contributed by atoms with Crippen molar-refractivity contribution in [1.29, 1.82) is 0 Å². The van der Waals surface area contributed by atoms with Crippen LogP contribution in [0.25, 0.3) is 10.9 Å². The molecule has 0 unspecified atom stereocenters. The van der Waals surface area contributed by atoms with Crippen LogP contribution in [-0.4, -0.2) is 17.1 Å². The maximum absolute atomic E-state index is 11.8. The van der Waals surface area contributed by atoms with Crippen molar-refractivity contribution in [1.82, 2.24) is 4.98 Å². The van der Waals surface area contributed by atoms with Gasteiger partial charge in [0.25, 0.3) is 0 Å². The molecule has 2 aromatic rings. The van der Waals surface area contributed by atoms with E-state index < -0.39 is 0 Å². The molecular formula is C14H14BrNO2. The average molecular weight is 308 g/mol. The van der Waals surface area contributed by atoms with E-state index in [-0.39, 0.29) is 12.1 Å². The second kappa shape index (κ2) is 5.06. The first-order valence-corrected chi connectivity index (χ1v) is 6.54. The highest BCUT2D eigenvalue weighted by molar-refractivity contribution is 9.10. The maximum atomic E-state index is 11.8. The van der Waals surface area contributed by atoms with Crippen molar-refractivity contribution in [3.63, 3.8) is 0 Å². The Kier molecular flexibility index (Phi) is 3.66. The molecule has 94 valence electrons. The van der Waals surface area contributed by atoms with Crippen molar-refractivity contribution in [3.8, 4) is 0 Å². The smallest absolute Gasteiger partial charge is 0.338 e. The Morgan fingerprint density at radius 3 is 2.72 bits per heavy atom. The molecule has 2 rings (SSSR count). The fraction of sp³-hybridized carbons (Fsp3) is 0.286. The van der Waals surface area contributed by atoms with E-state index in [1.807, 2.05) is 32.9 Å². The molecule has 4 heteroatoms. The Morgan fingerprint density at radius 1 is 1.33 bits per heavy atom. The van der Waals surface area contributed by atoms with Crippen LogP contribution in [0.15, 0.2) is 28.7 Å². The van der Waals surface area contributed by atoms with Crippen molar-refractivity contribution >= 4 is 32.8 Å². The number of rotatable bonds is 2. The molecular weight excluding hydrogens is 294 g/mol. The normalized spacial score (nSPS) is 10.9. The zero-order valence-corrected chi connectivity index (χ0v) is 12.1. The quantitative estimate of drug-likeness (QED) is 0.791. The van der Waals surface area contributed by atoms with Crippen LogP contribution in [0.2, 0.25) is 0 Å². The van der Waals surface area contributed by atoms with E-state index in [0.717, 1.165) is 21.1 Å². The predicted molar refractivity (Wildman–Crippen MR) is 74.7 cm³/mol. The topological polar surface area (TPSA) is 39.2 Å². The lowest BCUT2D eigenvalue weighted by atomic mass is 10.1. The molecule has 0 aliphatic carbocycles. The van der Waals surface area contributed by atoms with Crippen LogP contribution in [0, 0.1) is 6.92 Å². The molecule has 0 saturated heterocycles. The van der Waals surface area contributed by atoms with Crippen LogP contribution in [0.5, 0.6) is 0 Å². The van der Waals surface area contributed by atoms with Crippen LogP contribution in [0.4, 0.5) is 0 Å². The van der Waals surface area contributed by atoms with Crippen LogP contribution in [0.1, 0.15) is 29.9 Å². The fourth-order valence-corrected chi connectivity index (χ4v) is 2.37. The summed E-state index contributed by atoms with van der Waals surface area (Å²) >= 11 is 3.49. The summed E-state index contributed by atoms with van der Waals surface area (Å²) in [5.41, 5.74) is 2.34. The van der Waals surface area contributed by atoms with E-state index >= 15 is 0 Å². The monoisotopic (exact) mass is 307 g/mol. The van der Waals surface area contributed by atoms with Gasteiger partial charge >= 0.3 is 5.97 Å². The van der Waals surface area contributed by atoms with Crippen molar-refractivity contribution < 1.29 is 9.53 Å². The number of ether oxygens (including phenoxy) is 1. The zero-order valence-electron chi connectivity index (χ0n) is 10.5. The van der Waals surface area contributed by atoms with E-state index in [9.17, 15) is 4.79 Å². The molecule has 0 fully saturated rings. The Bertz CT molecular complexity index is 608. The molecule has 18 heavy (non-hydrogen) atoms. The number of pyridine rings is 1. The van der Waals surface area contributed by atoms with Gasteiger partial charge in [-0.25, -0.2) is 4.79 Å². The van der Waals surface area contributed by atoms with Gasteiger partial charge in [0.05, 0.1) is 17.2 Å². The summed E-state index contributed by atoms with van der Waals surface area (Å²) in [4.78, 5) is 16.2. The standard InChI is InChI=1S/C14H14BrNO2/c1-8(2)18-14(17)10-4-5-13-11(7-10)12(15)6-9(3)16-13/h4-8H,1-3H3. The van der Waals surface area contributed by atoms with Crippen LogP contribution in [0.3, 0.4) is 0 Å². The summed E-state index contributed by atoms with van der Waals surface area (Å²) in [6.07, 6.45) is -0.118. The van der Waals surface area contributed by atoms with E-state index in [1.54, 1.807) is 12.1 Å². The minimum atomic E-state index is -0.306. The number of esters is 1. The highest BCUT2D eigenvalue weighted by Crippen LogP contribution is 2.25. The van der Waals surface area contributed by atoms with Gasteiger partial charge in [-0.1, -0.05) is 15.9 Å². The molecule has 0 bridgehead atoms. The molecule has 1 aromatic heterocycles. The lowest BCUT2D eigenvalue weighted by Gasteiger charge is -2.09. The van der Waals surface area contributed by atoms with Crippen LogP contribution >= 0.6 is 15.9 Å². The Balaban J connectivity index is 2.47. The second-order valence-electron chi connectivity index (χ2n) is 4.43. The number of carbonyl (C=O) groups is 1. The number of hydrogen-bond donors (Lipinski definition) is 0. The van der Waals surface area contributed by atoms with Gasteiger partial charge in [-0.3, -0.25) is 4.98 Å². The van der Waals surface area contributed by atoms with Crippen molar-refractivity contribution in [3.05, 3.63) is 40.0 Å². The first-order chi connectivity index (χ1) is 8.47. The van der Waals surface area contributed by atoms with Gasteiger partial charge in [0.1, 0.15) is 0 Å². The highest BCUT2D eigenvalue weighted by atomic mass is 79.9. The molecule has 0 radical (unpaired) electrons. The number of halogens is 1. The average Bonchev–Trinajstić information content (AvgIpc) is 2.27. The molecule has 0 atom stereocenters. The van der Waals surface area contributed by atoms with Gasteiger partial charge in [-0.2, -0.15) is 0 Å². The number of nitrogens with zero attached hydrogens (tertiary/aromatic N) is 1. The van der Waals surface area contributed by atoms with Gasteiger partial charge < -0.3 is 4.74 Å². The Morgan fingerprint density at radius 2 is 2.06 bits per heavy atom. The van der Waals surface area contributed by atoms with E-state index in [1.165, 1.54) is 0 Å². The Hall–Kier alpha value is -1.42. The van der Waals surface area contributed by atoms with E-state index in [4.69, 9.17) is 4.74 Å². The third kappa shape index (κ3) is 2.70. The van der Waals surface area contributed by atoms with Crippen molar-refractivity contribution in [2.45, 2.75) is 26.9 Å². The van der Waals surface area contributed by atoms with Crippen molar-refractivity contribution in [2.24, 2.45) is 0 Å². The summed E-state index contributed by atoms with van der Waals surface area (Å²) in [5.74, 6) is -0.306. The SMILES string of the molecule is Cc1cc(Br)c2cc(C(=O)OC(C)C)ccc2n1. The highest BCUT2D eigenvalue weighted by Gasteiger charge is 2.11. The molecule has 0 saturated carbocycles. The molecule has 0 amide bonds. The number of aryl methyl sites for hydroxylation is 1. The second-order valence-corrected chi connectivity index (χ2v) is 5.29. The minimum absolute atomic E-state index is 0.118. The lowest BCUT2D eigenvalue weighted by molar-refractivity contribution is 0.0378. The molecule has 0 spiro atoms. The predicted octanol–water partition coefficient (Wildman–Crippen LogP) is 3.87. The maximum Gasteiger partial charge on any atom is 0.338 e. The third-order valence-electron chi connectivity index (χ3n) is 2.46. The number of fused-ring (bicyclic) bond motifs is 1. The minimum Gasteiger partial charge on any atom is -0.459 e. The molecule has 0 aliphatic rings. The summed E-state index contributed by atoms with van der Waals surface area (Å²) in [6, 6.07) is 7.31. The van der Waals surface area contributed by atoms with Gasteiger partial charge in [0, 0.05) is 15.6 Å². The molecule has 0 N–H and O–H groups in total. The molecule has 3 nitrogen and oxygen atoms in total. The van der Waals surface area contributed by atoms with Gasteiger partial charge in [-0.05, 0) is 45.0 Å². The number of benzene rings is 1. The summed E-state index contributed by atoms with van der Waals surface area (Å²) in [6.45, 7) is 5.60. The number of hydrogen-bond acceptors (Lipinski definition) is 3. The van der Waals surface area contributed by atoms with Gasteiger partial charge in [0.2, 0.25) is 0 Å². The first kappa shape index (κ1) is 13.0. The van der Waals surface area contributed by atoms with Crippen LogP contribution in [-0.2, 0) is 4.74 Å². The summed E-state index contributed by atoms with van der Waals surface area (Å²) in [7, 11) is 0. The zero-order chi connectivity index (χ0) is 13.3. The largest absolute Gasteiger partial charge is 0.459 e. The molecule has 1 heterocycles. The molecule has 1 aromatic carbocycles. The van der Waals surface area contributed by atoms with E-state index in [0.29, 0.717) is 5.56 Å². The van der Waals surface area contributed by atoms with Gasteiger partial charge in [-0.15, -0.1) is 0 Å². The van der Waals surface area contributed by atoms with Crippen LogP contribution < -0.4 is 0 Å². The lowest BCUT2D eigenvalue weighted by Crippen LogP contribution is -2.11. The van der Waals surface area contributed by atoms with Crippen molar-refractivity contribution in [2.75, 3.05) is 0 Å². The summed E-state index contributed by atoms with van der Waals surface area (Å²) in [5, 5.41) is 0.916. The third-order valence-corrected chi connectivity index (χ3v) is 3.12. The molecule has 0 aliphatic heterocycles. The summed E-state index contributed by atoms with van der Waals surface area (Å²) < 4.78 is 6.11. The number of carbonyl (C=O) groups excluding carboxylic acids is 1. The van der Waals surface area contributed by atoms with E-state index in [2.05, 4.69) is 20.9 Å².